The summed E-state index contributed by atoms with van der Waals surface area (Å²) in [5.41, 5.74) is 1.79. The van der Waals surface area contributed by atoms with E-state index in [0.29, 0.717) is 34.2 Å². The van der Waals surface area contributed by atoms with Crippen LogP contribution in [0.2, 0.25) is 0 Å². The molecule has 3 rings (SSSR count). The molecule has 0 aromatic heterocycles. The predicted octanol–water partition coefficient (Wildman–Crippen LogP) is 4.27. The molecule has 3 aromatic carbocycles. The summed E-state index contributed by atoms with van der Waals surface area (Å²) in [6, 6.07) is 17.3. The lowest BCUT2D eigenvalue weighted by Gasteiger charge is -2.24. The van der Waals surface area contributed by atoms with Crippen LogP contribution < -0.4 is 23.8 Å². The fourth-order valence-corrected chi connectivity index (χ4v) is 3.27. The van der Waals surface area contributed by atoms with Crippen LogP contribution in [0.4, 0.5) is 5.69 Å². The number of methoxy groups -OCH3 is 4. The van der Waals surface area contributed by atoms with Crippen molar-refractivity contribution in [2.75, 3.05) is 33.3 Å². The molecule has 0 aliphatic rings. The Morgan fingerprint density at radius 1 is 0.806 bits per heavy atom. The van der Waals surface area contributed by atoms with Gasteiger partial charge in [-0.2, -0.15) is 0 Å². The van der Waals surface area contributed by atoms with Crippen molar-refractivity contribution < 1.29 is 28.8 Å². The van der Waals surface area contributed by atoms with E-state index < -0.39 is 0 Å². The van der Waals surface area contributed by atoms with Gasteiger partial charge in [-0.15, -0.1) is 0 Å². The van der Waals surface area contributed by atoms with Gasteiger partial charge in [-0.3, -0.25) is 4.79 Å². The molecule has 0 bridgehead atoms. The molecular formula is C24H25NO6. The molecule has 0 radical (unpaired) electrons. The van der Waals surface area contributed by atoms with Gasteiger partial charge in [0, 0.05) is 17.3 Å². The lowest BCUT2D eigenvalue weighted by Crippen LogP contribution is -2.30. The van der Waals surface area contributed by atoms with Gasteiger partial charge in [0.05, 0.1) is 35.0 Å². The lowest BCUT2D eigenvalue weighted by atomic mass is 10.1. The molecule has 0 aliphatic carbocycles. The first-order chi connectivity index (χ1) is 15.0. The predicted molar refractivity (Wildman–Crippen MR) is 118 cm³/mol. The van der Waals surface area contributed by atoms with Crippen molar-refractivity contribution in [1.82, 2.24) is 0 Å². The topological polar surface area (TPSA) is 77.5 Å². The minimum Gasteiger partial charge on any atom is -0.504 e. The summed E-state index contributed by atoms with van der Waals surface area (Å²) in [6.45, 7) is 0.205. The van der Waals surface area contributed by atoms with Crippen molar-refractivity contribution in [1.29, 1.82) is 0 Å². The van der Waals surface area contributed by atoms with E-state index in [0.717, 1.165) is 5.56 Å². The molecule has 0 spiro atoms. The Labute approximate surface area is 181 Å². The molecule has 0 atom stereocenters. The SMILES string of the molecule is COc1ccc(N(Cc2cc(OC)c(OC)c(OC)c2)C(=O)c2ccccc2)cc1O. The molecule has 7 nitrogen and oxygen atoms in total. The Morgan fingerprint density at radius 2 is 1.42 bits per heavy atom. The van der Waals surface area contributed by atoms with Crippen LogP contribution >= 0.6 is 0 Å². The average Bonchev–Trinajstić information content (AvgIpc) is 2.81. The zero-order chi connectivity index (χ0) is 22.4. The second-order valence-electron chi connectivity index (χ2n) is 6.65. The molecule has 3 aromatic rings. The number of carbonyl (C=O) groups is 1. The monoisotopic (exact) mass is 423 g/mol. The highest BCUT2D eigenvalue weighted by Gasteiger charge is 2.22. The minimum atomic E-state index is -0.223. The van der Waals surface area contributed by atoms with Gasteiger partial charge in [0.2, 0.25) is 5.75 Å². The molecule has 31 heavy (non-hydrogen) atoms. The fraction of sp³-hybridized carbons (Fsp3) is 0.208. The highest BCUT2D eigenvalue weighted by atomic mass is 16.5. The van der Waals surface area contributed by atoms with Gasteiger partial charge in [0.25, 0.3) is 5.91 Å². The first-order valence-electron chi connectivity index (χ1n) is 9.55. The Morgan fingerprint density at radius 3 is 1.94 bits per heavy atom. The van der Waals surface area contributed by atoms with Gasteiger partial charge in [-0.25, -0.2) is 0 Å². The zero-order valence-corrected chi connectivity index (χ0v) is 17.9. The van der Waals surface area contributed by atoms with E-state index in [-0.39, 0.29) is 18.2 Å². The van der Waals surface area contributed by atoms with Gasteiger partial charge in [0.15, 0.2) is 23.0 Å². The number of hydrogen-bond donors (Lipinski definition) is 1. The molecule has 7 heteroatoms. The van der Waals surface area contributed by atoms with Crippen LogP contribution in [0.15, 0.2) is 60.7 Å². The summed E-state index contributed by atoms with van der Waals surface area (Å²) < 4.78 is 21.4. The number of nitrogens with zero attached hydrogens (tertiary/aromatic N) is 1. The summed E-state index contributed by atoms with van der Waals surface area (Å²) in [5, 5.41) is 10.3. The van der Waals surface area contributed by atoms with Crippen molar-refractivity contribution >= 4 is 11.6 Å². The van der Waals surface area contributed by atoms with E-state index in [9.17, 15) is 9.90 Å². The number of phenolic OH excluding ortho intramolecular Hbond substituents is 1. The molecule has 0 fully saturated rings. The number of amides is 1. The number of phenols is 1. The van der Waals surface area contributed by atoms with Crippen molar-refractivity contribution in [3.05, 3.63) is 71.8 Å². The lowest BCUT2D eigenvalue weighted by molar-refractivity contribution is 0.0985. The van der Waals surface area contributed by atoms with Gasteiger partial charge in [-0.05, 0) is 42.0 Å². The zero-order valence-electron chi connectivity index (χ0n) is 17.9. The summed E-state index contributed by atoms with van der Waals surface area (Å²) >= 11 is 0. The van der Waals surface area contributed by atoms with Crippen LogP contribution in [0.25, 0.3) is 0 Å². The fourth-order valence-electron chi connectivity index (χ4n) is 3.27. The molecule has 0 saturated heterocycles. The van der Waals surface area contributed by atoms with E-state index >= 15 is 0 Å². The maximum Gasteiger partial charge on any atom is 0.258 e. The standard InChI is InChI=1S/C24H25NO6/c1-28-20-11-10-18(14-19(20)26)25(24(27)17-8-6-5-7-9-17)15-16-12-21(29-2)23(31-4)22(13-16)30-3/h5-14,26H,15H2,1-4H3. The van der Waals surface area contributed by atoms with Crippen LogP contribution in [0, 0.1) is 0 Å². The maximum atomic E-state index is 13.4. The third kappa shape index (κ3) is 4.66. The molecular weight excluding hydrogens is 398 g/mol. The van der Waals surface area contributed by atoms with Gasteiger partial charge < -0.3 is 29.0 Å². The summed E-state index contributed by atoms with van der Waals surface area (Å²) in [7, 11) is 6.08. The van der Waals surface area contributed by atoms with Crippen molar-refractivity contribution in [2.45, 2.75) is 6.54 Å². The Bertz CT molecular complexity index is 1030. The van der Waals surface area contributed by atoms with Crippen LogP contribution in [0.5, 0.6) is 28.7 Å². The molecule has 0 saturated carbocycles. The average molecular weight is 423 g/mol. The van der Waals surface area contributed by atoms with Crippen LogP contribution in [-0.4, -0.2) is 39.5 Å². The third-order valence-electron chi connectivity index (χ3n) is 4.81. The first-order valence-corrected chi connectivity index (χ1v) is 9.55. The van der Waals surface area contributed by atoms with Crippen LogP contribution in [-0.2, 0) is 6.54 Å². The molecule has 0 unspecified atom stereocenters. The van der Waals surface area contributed by atoms with E-state index in [1.807, 2.05) is 6.07 Å². The number of ether oxygens (including phenoxy) is 4. The molecule has 1 amide bonds. The minimum absolute atomic E-state index is 0.0595. The largest absolute Gasteiger partial charge is 0.504 e. The second kappa shape index (κ2) is 9.75. The Balaban J connectivity index is 2.07. The van der Waals surface area contributed by atoms with Gasteiger partial charge in [-0.1, -0.05) is 18.2 Å². The normalized spacial score (nSPS) is 10.3. The van der Waals surface area contributed by atoms with Crippen molar-refractivity contribution in [3.8, 4) is 28.7 Å². The number of rotatable bonds is 8. The van der Waals surface area contributed by atoms with Crippen molar-refractivity contribution in [2.24, 2.45) is 0 Å². The second-order valence-corrected chi connectivity index (χ2v) is 6.65. The first kappa shape index (κ1) is 21.8. The smallest absolute Gasteiger partial charge is 0.258 e. The number of benzene rings is 3. The molecule has 0 aliphatic heterocycles. The van der Waals surface area contributed by atoms with Crippen LogP contribution in [0.3, 0.4) is 0 Å². The van der Waals surface area contributed by atoms with Gasteiger partial charge >= 0.3 is 0 Å². The number of carbonyl (C=O) groups excluding carboxylic acids is 1. The Hall–Kier alpha value is -3.87. The van der Waals surface area contributed by atoms with Gasteiger partial charge in [0.1, 0.15) is 0 Å². The van der Waals surface area contributed by atoms with E-state index in [4.69, 9.17) is 18.9 Å². The summed E-state index contributed by atoms with van der Waals surface area (Å²) in [4.78, 5) is 14.9. The number of aromatic hydroxyl groups is 1. The Kier molecular flexibility index (Phi) is 6.87. The van der Waals surface area contributed by atoms with E-state index in [2.05, 4.69) is 0 Å². The molecule has 0 heterocycles. The summed E-state index contributed by atoms with van der Waals surface area (Å²) in [6.07, 6.45) is 0. The van der Waals surface area contributed by atoms with E-state index in [1.54, 1.807) is 53.4 Å². The van der Waals surface area contributed by atoms with Crippen molar-refractivity contribution in [3.63, 3.8) is 0 Å². The van der Waals surface area contributed by atoms with E-state index in [1.165, 1.54) is 34.5 Å². The number of anilines is 1. The highest BCUT2D eigenvalue weighted by Crippen LogP contribution is 2.39. The highest BCUT2D eigenvalue weighted by molar-refractivity contribution is 6.06. The number of hydrogen-bond acceptors (Lipinski definition) is 6. The third-order valence-corrected chi connectivity index (χ3v) is 4.81. The summed E-state index contributed by atoms with van der Waals surface area (Å²) in [5.74, 6) is 1.48. The molecule has 162 valence electrons. The molecule has 1 N–H and O–H groups in total. The maximum absolute atomic E-state index is 13.4. The quantitative estimate of drug-likeness (QED) is 0.583. The van der Waals surface area contributed by atoms with Crippen LogP contribution in [0.1, 0.15) is 15.9 Å².